The van der Waals surface area contributed by atoms with Crippen molar-refractivity contribution in [1.82, 2.24) is 14.9 Å². The lowest BCUT2D eigenvalue weighted by Gasteiger charge is -2.34. The fourth-order valence-electron chi connectivity index (χ4n) is 3.39. The largest absolute Gasteiger partial charge is 0.483 e. The van der Waals surface area contributed by atoms with Gasteiger partial charge in [0.05, 0.1) is 0 Å². The van der Waals surface area contributed by atoms with Crippen LogP contribution in [-0.4, -0.2) is 39.5 Å². The average molecular weight is 321 g/mol. The molecule has 1 saturated heterocycles. The zero-order valence-corrected chi connectivity index (χ0v) is 13.4. The Balaban J connectivity index is 1.50. The Morgan fingerprint density at radius 3 is 2.96 bits per heavy atom. The SMILES string of the molecule is O=C(c1ccncn1)N1CCC[C@@]2(C=Cc3ccccc3O2)CC1. The van der Waals surface area contributed by atoms with Crippen LogP contribution in [0.4, 0.5) is 0 Å². The highest BCUT2D eigenvalue weighted by atomic mass is 16.5. The van der Waals surface area contributed by atoms with Gasteiger partial charge in [-0.2, -0.15) is 0 Å². The number of benzene rings is 1. The minimum Gasteiger partial charge on any atom is -0.483 e. The van der Waals surface area contributed by atoms with E-state index >= 15 is 0 Å². The van der Waals surface area contributed by atoms with Gasteiger partial charge >= 0.3 is 0 Å². The number of fused-ring (bicyclic) bond motifs is 1. The number of carbonyl (C=O) groups is 1. The molecule has 1 aromatic heterocycles. The Kier molecular flexibility index (Phi) is 3.76. The van der Waals surface area contributed by atoms with Gasteiger partial charge in [0.1, 0.15) is 23.4 Å². The van der Waals surface area contributed by atoms with Gasteiger partial charge in [0.2, 0.25) is 0 Å². The van der Waals surface area contributed by atoms with Crippen molar-refractivity contribution in [3.8, 4) is 5.75 Å². The van der Waals surface area contributed by atoms with Gasteiger partial charge in [-0.05, 0) is 31.1 Å². The van der Waals surface area contributed by atoms with Crippen molar-refractivity contribution < 1.29 is 9.53 Å². The molecule has 0 radical (unpaired) electrons. The summed E-state index contributed by atoms with van der Waals surface area (Å²) in [7, 11) is 0. The van der Waals surface area contributed by atoms with Gasteiger partial charge in [-0.25, -0.2) is 9.97 Å². The summed E-state index contributed by atoms with van der Waals surface area (Å²) >= 11 is 0. The summed E-state index contributed by atoms with van der Waals surface area (Å²) in [6, 6.07) is 9.74. The van der Waals surface area contributed by atoms with Gasteiger partial charge in [-0.15, -0.1) is 0 Å². The normalized spacial score (nSPS) is 22.6. The number of hydrogen-bond acceptors (Lipinski definition) is 4. The molecule has 5 heteroatoms. The number of ether oxygens (including phenoxy) is 1. The van der Waals surface area contributed by atoms with Crippen molar-refractivity contribution in [1.29, 1.82) is 0 Å². The molecule has 122 valence electrons. The number of amides is 1. The summed E-state index contributed by atoms with van der Waals surface area (Å²) < 4.78 is 6.32. The van der Waals surface area contributed by atoms with Crippen molar-refractivity contribution >= 4 is 12.0 Å². The lowest BCUT2D eigenvalue weighted by atomic mass is 9.91. The van der Waals surface area contributed by atoms with Crippen LogP contribution < -0.4 is 4.74 Å². The van der Waals surface area contributed by atoms with Crippen LogP contribution >= 0.6 is 0 Å². The first-order valence-corrected chi connectivity index (χ1v) is 8.28. The molecule has 0 bridgehead atoms. The van der Waals surface area contributed by atoms with Crippen LogP contribution in [-0.2, 0) is 0 Å². The van der Waals surface area contributed by atoms with Crippen molar-refractivity contribution in [2.24, 2.45) is 0 Å². The summed E-state index contributed by atoms with van der Waals surface area (Å²) in [6.07, 6.45) is 9.91. The van der Waals surface area contributed by atoms with Gasteiger partial charge in [0, 0.05) is 31.3 Å². The van der Waals surface area contributed by atoms with E-state index in [0.29, 0.717) is 12.2 Å². The Hall–Kier alpha value is -2.69. The van der Waals surface area contributed by atoms with E-state index in [0.717, 1.165) is 37.1 Å². The van der Waals surface area contributed by atoms with E-state index in [-0.39, 0.29) is 11.5 Å². The minimum absolute atomic E-state index is 0.0327. The van der Waals surface area contributed by atoms with Crippen LogP contribution in [0.5, 0.6) is 5.75 Å². The number of aromatic nitrogens is 2. The quantitative estimate of drug-likeness (QED) is 0.810. The van der Waals surface area contributed by atoms with Crippen molar-refractivity contribution in [3.05, 3.63) is 60.2 Å². The van der Waals surface area contributed by atoms with Crippen LogP contribution in [0.25, 0.3) is 6.08 Å². The van der Waals surface area contributed by atoms with Crippen LogP contribution in [0, 0.1) is 0 Å². The van der Waals surface area contributed by atoms with Crippen molar-refractivity contribution in [2.45, 2.75) is 24.9 Å². The fourth-order valence-corrected chi connectivity index (χ4v) is 3.39. The molecule has 4 rings (SSSR count). The molecule has 0 saturated carbocycles. The first kappa shape index (κ1) is 14.9. The third-order valence-electron chi connectivity index (χ3n) is 4.72. The lowest BCUT2D eigenvalue weighted by molar-refractivity contribution is 0.0724. The number of para-hydroxylation sites is 1. The van der Waals surface area contributed by atoms with Crippen LogP contribution in [0.15, 0.2) is 48.9 Å². The summed E-state index contributed by atoms with van der Waals surface area (Å²) in [4.78, 5) is 22.4. The highest BCUT2D eigenvalue weighted by molar-refractivity contribution is 5.92. The number of hydrogen-bond donors (Lipinski definition) is 0. The molecule has 0 N–H and O–H groups in total. The summed E-state index contributed by atoms with van der Waals surface area (Å²) in [5.74, 6) is 0.894. The maximum Gasteiger partial charge on any atom is 0.272 e. The van der Waals surface area contributed by atoms with Crippen molar-refractivity contribution in [3.63, 3.8) is 0 Å². The molecule has 0 aliphatic carbocycles. The molecule has 2 aromatic rings. The number of nitrogens with zero attached hydrogens (tertiary/aromatic N) is 3. The zero-order valence-electron chi connectivity index (χ0n) is 13.4. The maximum atomic E-state index is 12.6. The Morgan fingerprint density at radius 1 is 1.17 bits per heavy atom. The smallest absolute Gasteiger partial charge is 0.272 e. The van der Waals surface area contributed by atoms with Gasteiger partial charge < -0.3 is 9.64 Å². The molecular weight excluding hydrogens is 302 g/mol. The molecule has 24 heavy (non-hydrogen) atoms. The molecule has 1 atom stereocenters. The second-order valence-corrected chi connectivity index (χ2v) is 6.28. The Morgan fingerprint density at radius 2 is 2.08 bits per heavy atom. The molecule has 1 aromatic carbocycles. The van der Waals surface area contributed by atoms with Gasteiger partial charge in [0.15, 0.2) is 0 Å². The maximum absolute atomic E-state index is 12.6. The Bertz CT molecular complexity index is 775. The molecule has 3 heterocycles. The van der Waals surface area contributed by atoms with E-state index in [1.807, 2.05) is 23.1 Å². The lowest BCUT2D eigenvalue weighted by Crippen LogP contribution is -2.38. The third-order valence-corrected chi connectivity index (χ3v) is 4.72. The van der Waals surface area contributed by atoms with Crippen LogP contribution in [0.1, 0.15) is 35.3 Å². The predicted molar refractivity (Wildman–Crippen MR) is 90.6 cm³/mol. The van der Waals surface area contributed by atoms with Gasteiger partial charge in [-0.1, -0.05) is 24.3 Å². The molecular formula is C19H19N3O2. The molecule has 2 aliphatic rings. The molecule has 2 aliphatic heterocycles. The van der Waals surface area contributed by atoms with E-state index in [4.69, 9.17) is 4.74 Å². The average Bonchev–Trinajstić information content (AvgIpc) is 2.84. The van der Waals surface area contributed by atoms with Gasteiger partial charge in [0.25, 0.3) is 5.91 Å². The van der Waals surface area contributed by atoms with E-state index < -0.39 is 0 Å². The molecule has 0 unspecified atom stereocenters. The molecule has 1 amide bonds. The topological polar surface area (TPSA) is 55.3 Å². The zero-order chi connectivity index (χ0) is 16.4. The number of rotatable bonds is 1. The van der Waals surface area contributed by atoms with E-state index in [2.05, 4.69) is 28.2 Å². The van der Waals surface area contributed by atoms with E-state index in [1.165, 1.54) is 6.33 Å². The predicted octanol–water partition coefficient (Wildman–Crippen LogP) is 2.95. The summed E-state index contributed by atoms with van der Waals surface area (Å²) in [5.41, 5.74) is 1.25. The van der Waals surface area contributed by atoms with Crippen LogP contribution in [0.2, 0.25) is 0 Å². The van der Waals surface area contributed by atoms with E-state index in [9.17, 15) is 4.79 Å². The summed E-state index contributed by atoms with van der Waals surface area (Å²) in [6.45, 7) is 1.39. The summed E-state index contributed by atoms with van der Waals surface area (Å²) in [5, 5.41) is 0. The molecule has 5 nitrogen and oxygen atoms in total. The Labute approximate surface area is 141 Å². The van der Waals surface area contributed by atoms with E-state index in [1.54, 1.807) is 12.3 Å². The standard InChI is InChI=1S/C19H19N3O2/c23-18(16-7-11-20-14-21-16)22-12-3-8-19(10-13-22)9-6-15-4-1-2-5-17(15)24-19/h1-2,4-7,9,11,14H,3,8,10,12-13H2/t19-/m1/s1. The van der Waals surface area contributed by atoms with Gasteiger partial charge in [-0.3, -0.25) is 4.79 Å². The van der Waals surface area contributed by atoms with Crippen LogP contribution in [0.3, 0.4) is 0 Å². The first-order valence-electron chi connectivity index (χ1n) is 8.28. The highest BCUT2D eigenvalue weighted by Crippen LogP contribution is 2.37. The monoisotopic (exact) mass is 321 g/mol. The highest BCUT2D eigenvalue weighted by Gasteiger charge is 2.36. The third kappa shape index (κ3) is 2.77. The number of likely N-dealkylation sites (tertiary alicyclic amines) is 1. The molecule has 1 spiro atoms. The minimum atomic E-state index is -0.310. The fraction of sp³-hybridized carbons (Fsp3) is 0.316. The first-order chi connectivity index (χ1) is 11.8. The second kappa shape index (κ2) is 6.07. The molecule has 1 fully saturated rings. The van der Waals surface area contributed by atoms with Crippen molar-refractivity contribution in [2.75, 3.05) is 13.1 Å². The second-order valence-electron chi connectivity index (χ2n) is 6.28. The number of carbonyl (C=O) groups excluding carboxylic acids is 1.